The van der Waals surface area contributed by atoms with Crippen molar-refractivity contribution in [2.45, 2.75) is 52.4 Å². The molecule has 2 aromatic heterocycles. The number of hydrogen-bond donors (Lipinski definition) is 0. The Balaban J connectivity index is 1.44. The lowest BCUT2D eigenvalue weighted by atomic mass is 9.85. The van der Waals surface area contributed by atoms with Crippen molar-refractivity contribution < 1.29 is 4.39 Å². The molecule has 2 heterocycles. The average molecular weight is 681 g/mol. The van der Waals surface area contributed by atoms with Crippen LogP contribution in [0.25, 0.3) is 72.8 Å². The average Bonchev–Trinajstić information content (AvgIpc) is 3.48. The standard InChI is InChI=1S/C47H41FN4/c1-46(2,3)32-21-25-41-37(27-32)38-28-33(47(4,5)6)22-26-42(38)52(41)34-23-24-35(36-19-13-14-20-40(36)48)39(29-34)45-50-43(30-15-9-7-10-16-30)49-44(51-45)31-17-11-8-12-18-31/h7-29H,1-6H3. The topological polar surface area (TPSA) is 43.6 Å². The van der Waals surface area contributed by atoms with Crippen LogP contribution in [-0.4, -0.2) is 19.5 Å². The predicted octanol–water partition coefficient (Wildman–Crippen LogP) is 12.4. The number of hydrogen-bond acceptors (Lipinski definition) is 3. The van der Waals surface area contributed by atoms with Crippen LogP contribution in [0, 0.1) is 5.82 Å². The van der Waals surface area contributed by atoms with Crippen LogP contribution in [0.2, 0.25) is 0 Å². The van der Waals surface area contributed by atoms with Crippen LogP contribution in [0.5, 0.6) is 0 Å². The molecule has 0 N–H and O–H groups in total. The molecule has 0 atom stereocenters. The van der Waals surface area contributed by atoms with Crippen molar-refractivity contribution in [1.82, 2.24) is 19.5 Å². The highest BCUT2D eigenvalue weighted by atomic mass is 19.1. The highest BCUT2D eigenvalue weighted by molar-refractivity contribution is 6.10. The van der Waals surface area contributed by atoms with Gasteiger partial charge in [0.2, 0.25) is 0 Å². The number of fused-ring (bicyclic) bond motifs is 3. The summed E-state index contributed by atoms with van der Waals surface area (Å²) in [5.41, 5.74) is 9.33. The van der Waals surface area contributed by atoms with Gasteiger partial charge in [-0.3, -0.25) is 0 Å². The Morgan fingerprint density at radius 1 is 0.442 bits per heavy atom. The largest absolute Gasteiger partial charge is 0.309 e. The van der Waals surface area contributed by atoms with Crippen LogP contribution in [-0.2, 0) is 10.8 Å². The van der Waals surface area contributed by atoms with Gasteiger partial charge in [0.1, 0.15) is 5.82 Å². The molecule has 0 radical (unpaired) electrons. The van der Waals surface area contributed by atoms with Gasteiger partial charge >= 0.3 is 0 Å². The monoisotopic (exact) mass is 680 g/mol. The lowest BCUT2D eigenvalue weighted by Crippen LogP contribution is -2.10. The summed E-state index contributed by atoms with van der Waals surface area (Å²) in [5.74, 6) is 1.27. The van der Waals surface area contributed by atoms with Crippen molar-refractivity contribution in [1.29, 1.82) is 0 Å². The Hall–Kier alpha value is -5.94. The summed E-state index contributed by atoms with van der Waals surface area (Å²) in [7, 11) is 0. The Morgan fingerprint density at radius 3 is 1.42 bits per heavy atom. The molecule has 52 heavy (non-hydrogen) atoms. The predicted molar refractivity (Wildman–Crippen MR) is 213 cm³/mol. The molecule has 5 heteroatoms. The van der Waals surface area contributed by atoms with Crippen LogP contribution >= 0.6 is 0 Å². The SMILES string of the molecule is CC(C)(C)c1ccc2c(c1)c1cc(C(C)(C)C)ccc1n2-c1ccc(-c2ccccc2F)c(-c2nc(-c3ccccc3)nc(-c3ccccc3)n2)c1. The van der Waals surface area contributed by atoms with E-state index in [4.69, 9.17) is 15.0 Å². The van der Waals surface area contributed by atoms with E-state index < -0.39 is 0 Å². The minimum absolute atomic E-state index is 0.00949. The smallest absolute Gasteiger partial charge is 0.164 e. The van der Waals surface area contributed by atoms with Crippen molar-refractivity contribution >= 4 is 21.8 Å². The van der Waals surface area contributed by atoms with Crippen molar-refractivity contribution in [3.63, 3.8) is 0 Å². The first-order chi connectivity index (χ1) is 25.0. The molecule has 0 amide bonds. The minimum Gasteiger partial charge on any atom is -0.309 e. The fourth-order valence-electron chi connectivity index (χ4n) is 6.93. The third kappa shape index (κ3) is 6.06. The highest BCUT2D eigenvalue weighted by Crippen LogP contribution is 2.40. The third-order valence-corrected chi connectivity index (χ3v) is 9.86. The fraction of sp³-hybridized carbons (Fsp3) is 0.170. The molecule has 0 aliphatic carbocycles. The summed E-state index contributed by atoms with van der Waals surface area (Å²) in [5, 5.41) is 2.40. The third-order valence-electron chi connectivity index (χ3n) is 9.86. The maximum Gasteiger partial charge on any atom is 0.164 e. The molecule has 4 nitrogen and oxygen atoms in total. The number of benzene rings is 6. The summed E-state index contributed by atoms with van der Waals surface area (Å²) in [6.07, 6.45) is 0. The van der Waals surface area contributed by atoms with E-state index in [0.29, 0.717) is 34.2 Å². The molecule has 0 unspecified atom stereocenters. The summed E-state index contributed by atoms with van der Waals surface area (Å²) < 4.78 is 18.0. The molecular weight excluding hydrogens is 640 g/mol. The van der Waals surface area contributed by atoms with E-state index in [-0.39, 0.29) is 16.6 Å². The van der Waals surface area contributed by atoms with E-state index in [9.17, 15) is 0 Å². The Kier molecular flexibility index (Phi) is 8.10. The van der Waals surface area contributed by atoms with Crippen molar-refractivity contribution in [2.24, 2.45) is 0 Å². The van der Waals surface area contributed by atoms with Gasteiger partial charge < -0.3 is 4.57 Å². The Labute approximate surface area is 304 Å². The van der Waals surface area contributed by atoms with Gasteiger partial charge in [0.25, 0.3) is 0 Å². The maximum atomic E-state index is 15.7. The van der Waals surface area contributed by atoms with Crippen LogP contribution in [0.1, 0.15) is 52.7 Å². The normalized spacial score (nSPS) is 12.1. The molecule has 0 saturated heterocycles. The maximum absolute atomic E-state index is 15.7. The quantitative estimate of drug-likeness (QED) is 0.182. The number of nitrogens with zero attached hydrogens (tertiary/aromatic N) is 4. The van der Waals surface area contributed by atoms with E-state index in [2.05, 4.69) is 94.6 Å². The zero-order chi connectivity index (χ0) is 36.2. The van der Waals surface area contributed by atoms with Gasteiger partial charge in [-0.15, -0.1) is 0 Å². The van der Waals surface area contributed by atoms with E-state index in [1.807, 2.05) is 78.9 Å². The lowest BCUT2D eigenvalue weighted by Gasteiger charge is -2.19. The van der Waals surface area contributed by atoms with Crippen LogP contribution < -0.4 is 0 Å². The molecular formula is C47H41FN4. The second-order valence-electron chi connectivity index (χ2n) is 15.5. The summed E-state index contributed by atoms with van der Waals surface area (Å²) >= 11 is 0. The molecule has 0 saturated carbocycles. The molecule has 0 aliphatic heterocycles. The first kappa shape index (κ1) is 33.2. The van der Waals surface area contributed by atoms with Crippen molar-refractivity contribution in [2.75, 3.05) is 0 Å². The molecule has 0 spiro atoms. The summed E-state index contributed by atoms with van der Waals surface area (Å²) in [4.78, 5) is 15.1. The van der Waals surface area contributed by atoms with Gasteiger partial charge in [0.05, 0.1) is 11.0 Å². The highest BCUT2D eigenvalue weighted by Gasteiger charge is 2.23. The molecule has 8 aromatic rings. The second-order valence-corrected chi connectivity index (χ2v) is 15.5. The molecule has 0 fully saturated rings. The Morgan fingerprint density at radius 2 is 0.923 bits per heavy atom. The van der Waals surface area contributed by atoms with E-state index >= 15 is 4.39 Å². The number of aromatic nitrogens is 4. The van der Waals surface area contributed by atoms with Crippen LogP contribution in [0.4, 0.5) is 4.39 Å². The first-order valence-electron chi connectivity index (χ1n) is 17.8. The van der Waals surface area contributed by atoms with Crippen molar-refractivity contribution in [3.05, 3.63) is 156 Å². The van der Waals surface area contributed by atoms with E-state index in [1.54, 1.807) is 6.07 Å². The van der Waals surface area contributed by atoms with Gasteiger partial charge in [0, 0.05) is 38.7 Å². The molecule has 8 rings (SSSR count). The molecule has 6 aromatic carbocycles. The van der Waals surface area contributed by atoms with Crippen LogP contribution in [0.15, 0.2) is 140 Å². The minimum atomic E-state index is -0.307. The number of rotatable bonds is 5. The first-order valence-corrected chi connectivity index (χ1v) is 17.8. The zero-order valence-electron chi connectivity index (χ0n) is 30.4. The summed E-state index contributed by atoms with van der Waals surface area (Å²) in [6, 6.07) is 46.6. The molecule has 0 aliphatic rings. The van der Waals surface area contributed by atoms with Crippen molar-refractivity contribution in [3.8, 4) is 51.0 Å². The van der Waals surface area contributed by atoms with E-state index in [1.165, 1.54) is 28.0 Å². The van der Waals surface area contributed by atoms with Gasteiger partial charge in [-0.2, -0.15) is 0 Å². The Bertz CT molecular complexity index is 2460. The van der Waals surface area contributed by atoms with E-state index in [0.717, 1.165) is 27.8 Å². The molecule has 256 valence electrons. The van der Waals surface area contributed by atoms with Gasteiger partial charge in [-0.05, 0) is 70.0 Å². The van der Waals surface area contributed by atoms with Gasteiger partial charge in [-0.1, -0.05) is 139 Å². The van der Waals surface area contributed by atoms with Gasteiger partial charge in [-0.25, -0.2) is 19.3 Å². The second kappa shape index (κ2) is 12.7. The fourth-order valence-corrected chi connectivity index (χ4v) is 6.93. The number of halogens is 1. The van der Waals surface area contributed by atoms with Gasteiger partial charge in [0.15, 0.2) is 17.5 Å². The molecule has 0 bridgehead atoms. The van der Waals surface area contributed by atoms with Crippen LogP contribution in [0.3, 0.4) is 0 Å². The zero-order valence-corrected chi connectivity index (χ0v) is 30.4. The summed E-state index contributed by atoms with van der Waals surface area (Å²) in [6.45, 7) is 13.5. The lowest BCUT2D eigenvalue weighted by molar-refractivity contribution is 0.590.